The molecule has 21 heavy (non-hydrogen) atoms. The third kappa shape index (κ3) is 4.40. The summed E-state index contributed by atoms with van der Waals surface area (Å²) in [4.78, 5) is 8.51. The molecule has 1 heterocycles. The van der Waals surface area contributed by atoms with Gasteiger partial charge in [-0.1, -0.05) is 42.5 Å². The van der Waals surface area contributed by atoms with Crippen LogP contribution < -0.4 is 10.5 Å². The highest BCUT2D eigenvalue weighted by atomic mass is 16.5. The summed E-state index contributed by atoms with van der Waals surface area (Å²) in [6.45, 7) is 3.94. The molecule has 0 fully saturated rings. The van der Waals surface area contributed by atoms with Crippen molar-refractivity contribution < 1.29 is 4.74 Å². The average molecular weight is 279 g/mol. The number of hydrogen-bond acceptors (Lipinski definition) is 4. The Kier molecular flexibility index (Phi) is 5.43. The third-order valence-corrected chi connectivity index (χ3v) is 2.59. The number of nitrogens with zero attached hydrogens (tertiary/aromatic N) is 2. The number of rotatable bonds is 3. The van der Waals surface area contributed by atoms with Gasteiger partial charge in [0.25, 0.3) is 0 Å². The SMILES string of the molecule is C=CCN.c1ccc(Oc2ncc3ccccc3n2)cc1. The molecule has 0 atom stereocenters. The maximum atomic E-state index is 5.56. The van der Waals surface area contributed by atoms with E-state index in [0.717, 1.165) is 16.7 Å². The van der Waals surface area contributed by atoms with E-state index >= 15 is 0 Å². The molecule has 3 rings (SSSR count). The summed E-state index contributed by atoms with van der Waals surface area (Å²) in [6, 6.07) is 17.7. The summed E-state index contributed by atoms with van der Waals surface area (Å²) >= 11 is 0. The fourth-order valence-electron chi connectivity index (χ4n) is 1.60. The molecule has 0 amide bonds. The monoisotopic (exact) mass is 279 g/mol. The summed E-state index contributed by atoms with van der Waals surface area (Å²) in [5.74, 6) is 0.739. The van der Waals surface area contributed by atoms with Crippen LogP contribution in [0.2, 0.25) is 0 Å². The molecule has 0 radical (unpaired) electrons. The Morgan fingerprint density at radius 1 is 1.05 bits per heavy atom. The number of para-hydroxylation sites is 2. The lowest BCUT2D eigenvalue weighted by molar-refractivity contribution is 0.444. The van der Waals surface area contributed by atoms with Gasteiger partial charge in [-0.05, 0) is 18.2 Å². The lowest BCUT2D eigenvalue weighted by atomic mass is 10.2. The zero-order chi connectivity index (χ0) is 14.9. The van der Waals surface area contributed by atoms with Crippen LogP contribution >= 0.6 is 0 Å². The zero-order valence-electron chi connectivity index (χ0n) is 11.6. The van der Waals surface area contributed by atoms with Crippen molar-refractivity contribution in [1.82, 2.24) is 9.97 Å². The highest BCUT2D eigenvalue weighted by molar-refractivity contribution is 5.77. The topological polar surface area (TPSA) is 61.0 Å². The molecule has 2 N–H and O–H groups in total. The molecule has 0 saturated heterocycles. The molecule has 2 aromatic carbocycles. The molecule has 0 aliphatic carbocycles. The van der Waals surface area contributed by atoms with Gasteiger partial charge in [0, 0.05) is 18.1 Å². The smallest absolute Gasteiger partial charge is 0.322 e. The average Bonchev–Trinajstić information content (AvgIpc) is 2.56. The van der Waals surface area contributed by atoms with Crippen LogP contribution in [0.5, 0.6) is 11.8 Å². The van der Waals surface area contributed by atoms with Crippen molar-refractivity contribution in [2.75, 3.05) is 6.54 Å². The molecule has 0 aliphatic heterocycles. The fraction of sp³-hybridized carbons (Fsp3) is 0.0588. The van der Waals surface area contributed by atoms with Crippen molar-refractivity contribution >= 4 is 10.9 Å². The summed E-state index contributed by atoms with van der Waals surface area (Å²) in [7, 11) is 0. The van der Waals surface area contributed by atoms with E-state index in [1.165, 1.54) is 0 Å². The molecule has 0 aliphatic rings. The molecular formula is C17H17N3O. The lowest BCUT2D eigenvalue weighted by Crippen LogP contribution is -1.91. The first-order valence-electron chi connectivity index (χ1n) is 6.59. The van der Waals surface area contributed by atoms with Crippen LogP contribution in [-0.4, -0.2) is 16.5 Å². The molecule has 3 aromatic rings. The minimum atomic E-state index is 0.370. The molecule has 0 spiro atoms. The van der Waals surface area contributed by atoms with Crippen molar-refractivity contribution in [2.45, 2.75) is 0 Å². The Morgan fingerprint density at radius 3 is 2.43 bits per heavy atom. The van der Waals surface area contributed by atoms with Crippen molar-refractivity contribution in [3.8, 4) is 11.8 Å². The molecular weight excluding hydrogens is 262 g/mol. The number of nitrogens with two attached hydrogens (primary N) is 1. The largest absolute Gasteiger partial charge is 0.424 e. The second-order valence-corrected chi connectivity index (χ2v) is 4.15. The van der Waals surface area contributed by atoms with Crippen LogP contribution in [-0.2, 0) is 0 Å². The minimum absolute atomic E-state index is 0.370. The second kappa shape index (κ2) is 7.77. The van der Waals surface area contributed by atoms with Crippen LogP contribution in [0.25, 0.3) is 10.9 Å². The predicted molar refractivity (Wildman–Crippen MR) is 85.3 cm³/mol. The molecule has 106 valence electrons. The van der Waals surface area contributed by atoms with E-state index in [2.05, 4.69) is 16.5 Å². The highest BCUT2D eigenvalue weighted by Gasteiger charge is 2.01. The van der Waals surface area contributed by atoms with Crippen molar-refractivity contribution in [1.29, 1.82) is 0 Å². The summed E-state index contributed by atoms with van der Waals surface area (Å²) in [5, 5.41) is 1.01. The van der Waals surface area contributed by atoms with E-state index in [-0.39, 0.29) is 0 Å². The van der Waals surface area contributed by atoms with E-state index in [4.69, 9.17) is 10.5 Å². The quantitative estimate of drug-likeness (QED) is 0.745. The first-order chi connectivity index (χ1) is 10.3. The number of benzene rings is 2. The molecule has 0 unspecified atom stereocenters. The maximum absolute atomic E-state index is 5.56. The van der Waals surface area contributed by atoms with Crippen molar-refractivity contribution in [3.63, 3.8) is 0 Å². The van der Waals surface area contributed by atoms with Crippen molar-refractivity contribution in [3.05, 3.63) is 73.4 Å². The first kappa shape index (κ1) is 14.7. The van der Waals surface area contributed by atoms with E-state index < -0.39 is 0 Å². The Morgan fingerprint density at radius 2 is 1.71 bits per heavy atom. The Bertz CT molecular complexity index is 698. The van der Waals surface area contributed by atoms with Crippen LogP contribution in [0.3, 0.4) is 0 Å². The lowest BCUT2D eigenvalue weighted by Gasteiger charge is -2.03. The van der Waals surface area contributed by atoms with Crippen LogP contribution in [0.4, 0.5) is 0 Å². The molecule has 4 heteroatoms. The molecule has 0 saturated carbocycles. The third-order valence-electron chi connectivity index (χ3n) is 2.59. The second-order valence-electron chi connectivity index (χ2n) is 4.15. The Balaban J connectivity index is 0.000000361. The number of ether oxygens (including phenoxy) is 1. The highest BCUT2D eigenvalue weighted by Crippen LogP contribution is 2.19. The van der Waals surface area contributed by atoms with Gasteiger partial charge >= 0.3 is 6.01 Å². The first-order valence-corrected chi connectivity index (χ1v) is 6.59. The van der Waals surface area contributed by atoms with Crippen LogP contribution in [0.1, 0.15) is 0 Å². The number of fused-ring (bicyclic) bond motifs is 1. The van der Waals surface area contributed by atoms with Crippen LogP contribution in [0.15, 0.2) is 73.4 Å². The van der Waals surface area contributed by atoms with Gasteiger partial charge in [0.1, 0.15) is 5.75 Å². The van der Waals surface area contributed by atoms with Gasteiger partial charge in [-0.3, -0.25) is 0 Å². The Hall–Kier alpha value is -2.72. The van der Waals surface area contributed by atoms with E-state index in [1.54, 1.807) is 12.3 Å². The van der Waals surface area contributed by atoms with Gasteiger partial charge in [0.15, 0.2) is 0 Å². The van der Waals surface area contributed by atoms with Gasteiger partial charge in [-0.2, -0.15) is 4.98 Å². The van der Waals surface area contributed by atoms with E-state index in [1.807, 2.05) is 54.6 Å². The number of hydrogen-bond donors (Lipinski definition) is 1. The predicted octanol–water partition coefficient (Wildman–Crippen LogP) is 3.55. The van der Waals surface area contributed by atoms with E-state index in [9.17, 15) is 0 Å². The standard InChI is InChI=1S/C14H10N2O.C3H7N/c1-2-7-12(8-3-1)17-14-15-10-11-6-4-5-9-13(11)16-14;1-2-3-4/h1-10H;2H,1,3-4H2. The minimum Gasteiger partial charge on any atom is -0.424 e. The van der Waals surface area contributed by atoms with Crippen LogP contribution in [0, 0.1) is 0 Å². The van der Waals surface area contributed by atoms with Gasteiger partial charge < -0.3 is 10.5 Å². The fourth-order valence-corrected chi connectivity index (χ4v) is 1.60. The van der Waals surface area contributed by atoms with Gasteiger partial charge in [0.2, 0.25) is 0 Å². The van der Waals surface area contributed by atoms with Gasteiger partial charge in [-0.25, -0.2) is 4.98 Å². The normalized spacial score (nSPS) is 9.57. The molecule has 1 aromatic heterocycles. The van der Waals surface area contributed by atoms with E-state index in [0.29, 0.717) is 12.6 Å². The van der Waals surface area contributed by atoms with Gasteiger partial charge in [-0.15, -0.1) is 6.58 Å². The zero-order valence-corrected chi connectivity index (χ0v) is 11.6. The summed E-state index contributed by atoms with van der Waals surface area (Å²) < 4.78 is 5.56. The molecule has 4 nitrogen and oxygen atoms in total. The number of aromatic nitrogens is 2. The summed E-state index contributed by atoms with van der Waals surface area (Å²) in [6.07, 6.45) is 3.42. The van der Waals surface area contributed by atoms with Crippen molar-refractivity contribution in [2.24, 2.45) is 5.73 Å². The Labute approximate surface area is 123 Å². The summed E-state index contributed by atoms with van der Waals surface area (Å²) in [5.41, 5.74) is 5.79. The van der Waals surface area contributed by atoms with Gasteiger partial charge in [0.05, 0.1) is 5.52 Å². The maximum Gasteiger partial charge on any atom is 0.322 e. The molecule has 0 bridgehead atoms.